The quantitative estimate of drug-likeness (QED) is 0.377. The molecule has 0 radical (unpaired) electrons. The highest BCUT2D eigenvalue weighted by atomic mass is 35.5. The van der Waals surface area contributed by atoms with Crippen LogP contribution >= 0.6 is 11.6 Å². The van der Waals surface area contributed by atoms with Gasteiger partial charge in [-0.3, -0.25) is 0 Å². The van der Waals surface area contributed by atoms with Crippen molar-refractivity contribution in [1.82, 2.24) is 14.5 Å². The Bertz CT molecular complexity index is 1260. The van der Waals surface area contributed by atoms with Crippen LogP contribution in [0.3, 0.4) is 0 Å². The number of carbonyl (C=O) groups excluding carboxylic acids is 1. The zero-order valence-electron chi connectivity index (χ0n) is 18.0. The van der Waals surface area contributed by atoms with Crippen LogP contribution in [0.15, 0.2) is 46.9 Å². The van der Waals surface area contributed by atoms with Crippen LogP contribution in [-0.2, 0) is 24.3 Å². The maximum Gasteiger partial charge on any atom is 0.338 e. The molecule has 0 spiro atoms. The number of methoxy groups -OCH3 is 1. The Morgan fingerprint density at radius 3 is 2.78 bits per heavy atom. The summed E-state index contributed by atoms with van der Waals surface area (Å²) in [6.07, 6.45) is 2.82. The van der Waals surface area contributed by atoms with Crippen LogP contribution in [0.25, 0.3) is 22.6 Å². The minimum atomic E-state index is -0.448. The van der Waals surface area contributed by atoms with Gasteiger partial charge in [0.2, 0.25) is 5.89 Å². The van der Waals surface area contributed by atoms with Gasteiger partial charge in [-0.1, -0.05) is 43.1 Å². The molecule has 0 aliphatic rings. The fraction of sp³-hybridized carbons (Fsp3) is 0.292. The number of carbonyl (C=O) groups is 1. The van der Waals surface area contributed by atoms with Gasteiger partial charge in [0.05, 0.1) is 30.5 Å². The molecule has 0 fully saturated rings. The van der Waals surface area contributed by atoms with Crippen molar-refractivity contribution in [1.29, 1.82) is 0 Å². The van der Waals surface area contributed by atoms with Crippen molar-refractivity contribution in [3.05, 3.63) is 70.3 Å². The number of unbranched alkanes of at least 4 members (excludes halogenated alkanes) is 1. The summed E-state index contributed by atoms with van der Waals surface area (Å²) in [5.41, 5.74) is 3.82. The van der Waals surface area contributed by atoms with Gasteiger partial charge < -0.3 is 18.8 Å². The predicted octanol–water partition coefficient (Wildman–Crippen LogP) is 5.01. The molecule has 0 amide bonds. The number of hydrogen-bond acceptors (Lipinski definition) is 6. The third-order valence-corrected chi connectivity index (χ3v) is 5.66. The third-order valence-electron chi connectivity index (χ3n) is 5.36. The van der Waals surface area contributed by atoms with Crippen LogP contribution in [0.5, 0.6) is 0 Å². The summed E-state index contributed by atoms with van der Waals surface area (Å²) in [5, 5.41) is 10.1. The van der Waals surface area contributed by atoms with Gasteiger partial charge in [-0.25, -0.2) is 14.8 Å². The Labute approximate surface area is 190 Å². The molecule has 32 heavy (non-hydrogen) atoms. The van der Waals surface area contributed by atoms with E-state index in [-0.39, 0.29) is 6.61 Å². The second kappa shape index (κ2) is 9.54. The lowest BCUT2D eigenvalue weighted by atomic mass is 10.1. The predicted molar refractivity (Wildman–Crippen MR) is 122 cm³/mol. The lowest BCUT2D eigenvalue weighted by Crippen LogP contribution is -2.09. The van der Waals surface area contributed by atoms with Gasteiger partial charge in [-0.2, -0.15) is 0 Å². The molecule has 0 aliphatic carbocycles. The Kier molecular flexibility index (Phi) is 6.58. The first-order chi connectivity index (χ1) is 15.5. The van der Waals surface area contributed by atoms with Gasteiger partial charge in [0.15, 0.2) is 10.7 Å². The van der Waals surface area contributed by atoms with E-state index in [1.807, 2.05) is 28.8 Å². The van der Waals surface area contributed by atoms with E-state index < -0.39 is 5.97 Å². The number of aliphatic hydroxyl groups excluding tert-OH is 1. The second-order valence-electron chi connectivity index (χ2n) is 7.47. The Morgan fingerprint density at radius 2 is 2.03 bits per heavy atom. The number of aliphatic hydroxyl groups is 1. The van der Waals surface area contributed by atoms with E-state index in [1.54, 1.807) is 18.2 Å². The van der Waals surface area contributed by atoms with Crippen molar-refractivity contribution in [3.8, 4) is 11.5 Å². The molecule has 7 nitrogen and oxygen atoms in total. The molecule has 1 N–H and O–H groups in total. The zero-order valence-corrected chi connectivity index (χ0v) is 18.7. The fourth-order valence-corrected chi connectivity index (χ4v) is 3.95. The molecule has 0 aliphatic heterocycles. The number of hydrogen-bond donors (Lipinski definition) is 1. The van der Waals surface area contributed by atoms with E-state index in [9.17, 15) is 9.90 Å². The normalized spacial score (nSPS) is 11.2. The minimum absolute atomic E-state index is 0.182. The van der Waals surface area contributed by atoms with Crippen LogP contribution in [0.2, 0.25) is 5.15 Å². The maximum absolute atomic E-state index is 12.1. The number of aromatic nitrogens is 3. The average Bonchev–Trinajstić information content (AvgIpc) is 3.37. The first-order valence-corrected chi connectivity index (χ1v) is 10.8. The first kappa shape index (κ1) is 22.0. The summed E-state index contributed by atoms with van der Waals surface area (Å²) in [4.78, 5) is 21.2. The summed E-state index contributed by atoms with van der Waals surface area (Å²) in [7, 11) is 1.34. The molecule has 0 bridgehead atoms. The number of nitrogens with zero attached hydrogens (tertiary/aromatic N) is 3. The lowest BCUT2D eigenvalue weighted by Gasteiger charge is -2.11. The molecule has 0 saturated heterocycles. The molecule has 166 valence electrons. The summed E-state index contributed by atoms with van der Waals surface area (Å²) >= 11 is 6.26. The number of esters is 1. The molecule has 4 aromatic rings. The third kappa shape index (κ3) is 4.26. The summed E-state index contributed by atoms with van der Waals surface area (Å²) in [6, 6.07) is 12.8. The molecule has 2 heterocycles. The number of rotatable bonds is 8. The highest BCUT2D eigenvalue weighted by Crippen LogP contribution is 2.29. The Balaban J connectivity index is 1.69. The monoisotopic (exact) mass is 453 g/mol. The highest BCUT2D eigenvalue weighted by Gasteiger charge is 2.19. The summed E-state index contributed by atoms with van der Waals surface area (Å²) in [6.45, 7) is 2.44. The Morgan fingerprint density at radius 1 is 1.22 bits per heavy atom. The van der Waals surface area contributed by atoms with E-state index >= 15 is 0 Å². The van der Waals surface area contributed by atoms with Crippen LogP contribution < -0.4 is 0 Å². The van der Waals surface area contributed by atoms with Gasteiger partial charge in [-0.15, -0.1) is 0 Å². The summed E-state index contributed by atoms with van der Waals surface area (Å²) in [5.74, 6) is 0.758. The maximum atomic E-state index is 12.1. The van der Waals surface area contributed by atoms with Crippen molar-refractivity contribution in [2.75, 3.05) is 7.11 Å². The first-order valence-electron chi connectivity index (χ1n) is 10.5. The standard InChI is InChI=1S/C24H24ClN3O4/c1-3-4-9-21-27-22(25)19(14-29)28(21)13-15-10-11-20-18(12-15)26-23(32-20)16-7-5-6-8-17(16)24(30)31-2/h5-8,10-12,29H,3-4,9,13-14H2,1-2H3. The van der Waals surface area contributed by atoms with Crippen LogP contribution in [0, 0.1) is 0 Å². The van der Waals surface area contributed by atoms with Gasteiger partial charge in [0.1, 0.15) is 11.3 Å². The van der Waals surface area contributed by atoms with Crippen molar-refractivity contribution in [2.45, 2.75) is 39.3 Å². The van der Waals surface area contributed by atoms with E-state index in [0.29, 0.717) is 45.5 Å². The largest absolute Gasteiger partial charge is 0.465 e. The molecular formula is C24H24ClN3O4. The average molecular weight is 454 g/mol. The molecule has 0 unspecified atom stereocenters. The number of imidazole rings is 1. The van der Waals surface area contributed by atoms with Crippen molar-refractivity contribution >= 4 is 28.7 Å². The Hall–Kier alpha value is -3.16. The van der Waals surface area contributed by atoms with Crippen molar-refractivity contribution in [3.63, 3.8) is 0 Å². The SMILES string of the molecule is CCCCc1nc(Cl)c(CO)n1Cc1ccc2oc(-c3ccccc3C(=O)OC)nc2c1. The molecule has 2 aromatic heterocycles. The smallest absolute Gasteiger partial charge is 0.338 e. The minimum Gasteiger partial charge on any atom is -0.465 e. The number of ether oxygens (including phenoxy) is 1. The van der Waals surface area contributed by atoms with Crippen LogP contribution in [0.4, 0.5) is 0 Å². The van der Waals surface area contributed by atoms with Crippen LogP contribution in [0.1, 0.15) is 47.2 Å². The van der Waals surface area contributed by atoms with E-state index in [4.69, 9.17) is 20.8 Å². The number of halogens is 1. The second-order valence-corrected chi connectivity index (χ2v) is 7.83. The van der Waals surface area contributed by atoms with Crippen LogP contribution in [-0.4, -0.2) is 32.7 Å². The summed E-state index contributed by atoms with van der Waals surface area (Å²) < 4.78 is 12.8. The fourth-order valence-electron chi connectivity index (χ4n) is 3.70. The number of benzene rings is 2. The van der Waals surface area contributed by atoms with E-state index in [1.165, 1.54) is 7.11 Å². The molecule has 2 aromatic carbocycles. The van der Waals surface area contributed by atoms with Gasteiger partial charge >= 0.3 is 5.97 Å². The highest BCUT2D eigenvalue weighted by molar-refractivity contribution is 6.30. The van der Waals surface area contributed by atoms with E-state index in [2.05, 4.69) is 16.9 Å². The number of aryl methyl sites for hydroxylation is 1. The van der Waals surface area contributed by atoms with Crippen molar-refractivity contribution in [2.24, 2.45) is 0 Å². The van der Waals surface area contributed by atoms with Crippen molar-refractivity contribution < 1.29 is 19.1 Å². The van der Waals surface area contributed by atoms with Gasteiger partial charge in [0.25, 0.3) is 0 Å². The molecule has 8 heteroatoms. The molecular weight excluding hydrogens is 430 g/mol. The molecule has 0 atom stereocenters. The van der Waals surface area contributed by atoms with Gasteiger partial charge in [0, 0.05) is 13.0 Å². The molecule has 4 rings (SSSR count). The van der Waals surface area contributed by atoms with Gasteiger partial charge in [-0.05, 0) is 36.2 Å². The molecule has 0 saturated carbocycles. The number of oxazole rings is 1. The lowest BCUT2D eigenvalue weighted by molar-refractivity contribution is 0.0601. The van der Waals surface area contributed by atoms with E-state index in [0.717, 1.165) is 30.7 Å². The zero-order chi connectivity index (χ0) is 22.7. The topological polar surface area (TPSA) is 90.4 Å². The number of fused-ring (bicyclic) bond motifs is 1.